The Morgan fingerprint density at radius 2 is 1.96 bits per heavy atom. The first kappa shape index (κ1) is 19.0. The van der Waals surface area contributed by atoms with Gasteiger partial charge in [-0.1, -0.05) is 41.3 Å². The van der Waals surface area contributed by atoms with Crippen molar-refractivity contribution in [1.82, 2.24) is 10.2 Å². The summed E-state index contributed by atoms with van der Waals surface area (Å²) in [5, 5.41) is 14.9. The molecule has 2 N–H and O–H groups in total. The number of anilines is 3. The molecule has 0 aliphatic carbocycles. The zero-order valence-corrected chi connectivity index (χ0v) is 16.4. The molecule has 7 nitrogen and oxygen atoms in total. The topological polar surface area (TPSA) is 85.4 Å². The summed E-state index contributed by atoms with van der Waals surface area (Å²) in [4.78, 5) is 12.2. The highest BCUT2D eigenvalue weighted by Gasteiger charge is 2.11. The Morgan fingerprint density at radius 1 is 1.11 bits per heavy atom. The van der Waals surface area contributed by atoms with Crippen LogP contribution in [0.3, 0.4) is 0 Å². The van der Waals surface area contributed by atoms with Gasteiger partial charge in [0, 0.05) is 11.8 Å². The van der Waals surface area contributed by atoms with Crippen molar-refractivity contribution in [3.8, 4) is 11.5 Å². The number of hydrogen-bond acceptors (Lipinski definition) is 8. The Bertz CT molecular complexity index is 917. The number of nitrogens with one attached hydrogen (secondary N) is 2. The Hall–Kier alpha value is -2.78. The Kier molecular flexibility index (Phi) is 6.50. The number of carbonyl (C=O) groups is 1. The molecule has 1 aromatic heterocycles. The van der Waals surface area contributed by atoms with E-state index in [1.165, 1.54) is 23.1 Å². The van der Waals surface area contributed by atoms with Crippen molar-refractivity contribution in [2.24, 2.45) is 0 Å². The molecule has 0 saturated carbocycles. The SMILES string of the molecule is COc1cccc(Nc2nnc(SCC(=O)Nc3ccccc3OC)s2)c1. The molecular formula is C18H18N4O3S2. The molecule has 3 rings (SSSR count). The van der Waals surface area contributed by atoms with Crippen molar-refractivity contribution in [3.63, 3.8) is 0 Å². The minimum absolute atomic E-state index is 0.137. The first-order chi connectivity index (χ1) is 13.2. The molecule has 0 atom stereocenters. The first-order valence-electron chi connectivity index (χ1n) is 7.98. The molecular weight excluding hydrogens is 384 g/mol. The van der Waals surface area contributed by atoms with E-state index < -0.39 is 0 Å². The molecule has 0 saturated heterocycles. The lowest BCUT2D eigenvalue weighted by molar-refractivity contribution is -0.113. The van der Waals surface area contributed by atoms with E-state index >= 15 is 0 Å². The minimum atomic E-state index is -0.137. The van der Waals surface area contributed by atoms with E-state index in [1.54, 1.807) is 26.4 Å². The highest BCUT2D eigenvalue weighted by atomic mass is 32.2. The highest BCUT2D eigenvalue weighted by molar-refractivity contribution is 8.01. The van der Waals surface area contributed by atoms with Crippen LogP contribution in [0.15, 0.2) is 52.9 Å². The molecule has 0 spiro atoms. The number of hydrogen-bond donors (Lipinski definition) is 2. The van der Waals surface area contributed by atoms with Crippen LogP contribution in [0, 0.1) is 0 Å². The van der Waals surface area contributed by atoms with Gasteiger partial charge in [-0.3, -0.25) is 4.79 Å². The van der Waals surface area contributed by atoms with Crippen molar-refractivity contribution in [2.75, 3.05) is 30.6 Å². The largest absolute Gasteiger partial charge is 0.497 e. The molecule has 140 valence electrons. The standard InChI is InChI=1S/C18H18N4O3S2/c1-24-13-7-5-6-12(10-13)19-17-21-22-18(27-17)26-11-16(23)20-14-8-3-4-9-15(14)25-2/h3-10H,11H2,1-2H3,(H,19,21)(H,20,23). The Morgan fingerprint density at radius 3 is 2.78 bits per heavy atom. The third kappa shape index (κ3) is 5.35. The maximum Gasteiger partial charge on any atom is 0.234 e. The summed E-state index contributed by atoms with van der Waals surface area (Å²) in [5.74, 6) is 1.47. The average Bonchev–Trinajstić information content (AvgIpc) is 3.14. The van der Waals surface area contributed by atoms with Crippen LogP contribution in [-0.2, 0) is 4.79 Å². The van der Waals surface area contributed by atoms with Gasteiger partial charge in [-0.15, -0.1) is 10.2 Å². The second-order valence-corrected chi connectivity index (χ2v) is 7.47. The van der Waals surface area contributed by atoms with Crippen LogP contribution >= 0.6 is 23.1 Å². The highest BCUT2D eigenvalue weighted by Crippen LogP contribution is 2.29. The maximum absolute atomic E-state index is 12.2. The predicted octanol–water partition coefficient (Wildman–Crippen LogP) is 4.03. The van der Waals surface area contributed by atoms with Gasteiger partial charge >= 0.3 is 0 Å². The van der Waals surface area contributed by atoms with Gasteiger partial charge in [-0.25, -0.2) is 0 Å². The molecule has 3 aromatic rings. The molecule has 0 radical (unpaired) electrons. The number of aromatic nitrogens is 2. The van der Waals surface area contributed by atoms with Gasteiger partial charge in [-0.05, 0) is 24.3 Å². The summed E-state index contributed by atoms with van der Waals surface area (Å²) >= 11 is 2.71. The number of benzene rings is 2. The number of ether oxygens (including phenoxy) is 2. The quantitative estimate of drug-likeness (QED) is 0.550. The molecule has 1 amide bonds. The van der Waals surface area contributed by atoms with Gasteiger partial charge in [0.2, 0.25) is 11.0 Å². The van der Waals surface area contributed by atoms with Gasteiger partial charge < -0.3 is 20.1 Å². The summed E-state index contributed by atoms with van der Waals surface area (Å²) in [6, 6.07) is 14.8. The molecule has 9 heteroatoms. The summed E-state index contributed by atoms with van der Waals surface area (Å²) in [6.07, 6.45) is 0. The van der Waals surface area contributed by atoms with E-state index in [9.17, 15) is 4.79 Å². The Labute approximate surface area is 165 Å². The summed E-state index contributed by atoms with van der Waals surface area (Å²) < 4.78 is 11.1. The first-order valence-corrected chi connectivity index (χ1v) is 9.78. The van der Waals surface area contributed by atoms with Crippen molar-refractivity contribution < 1.29 is 14.3 Å². The number of rotatable bonds is 8. The van der Waals surface area contributed by atoms with E-state index in [0.717, 1.165) is 11.4 Å². The lowest BCUT2D eigenvalue weighted by Crippen LogP contribution is -2.14. The normalized spacial score (nSPS) is 10.3. The molecule has 0 fully saturated rings. The summed E-state index contributed by atoms with van der Waals surface area (Å²) in [5.41, 5.74) is 1.50. The number of amides is 1. The van der Waals surface area contributed by atoms with E-state index in [2.05, 4.69) is 20.8 Å². The van der Waals surface area contributed by atoms with E-state index in [0.29, 0.717) is 20.9 Å². The van der Waals surface area contributed by atoms with Crippen molar-refractivity contribution in [1.29, 1.82) is 0 Å². The fourth-order valence-electron chi connectivity index (χ4n) is 2.20. The van der Waals surface area contributed by atoms with Gasteiger partial charge in [0.25, 0.3) is 0 Å². The van der Waals surface area contributed by atoms with Crippen LogP contribution in [0.4, 0.5) is 16.5 Å². The van der Waals surface area contributed by atoms with Crippen LogP contribution in [0.2, 0.25) is 0 Å². The van der Waals surface area contributed by atoms with E-state index in [-0.39, 0.29) is 11.7 Å². The minimum Gasteiger partial charge on any atom is -0.497 e. The van der Waals surface area contributed by atoms with Crippen LogP contribution < -0.4 is 20.1 Å². The lowest BCUT2D eigenvalue weighted by Gasteiger charge is -2.08. The fourth-order valence-corrected chi connectivity index (χ4v) is 3.78. The number of nitrogens with zero attached hydrogens (tertiary/aromatic N) is 2. The second-order valence-electron chi connectivity index (χ2n) is 5.27. The number of carbonyl (C=O) groups excluding carboxylic acids is 1. The van der Waals surface area contributed by atoms with Crippen LogP contribution in [0.5, 0.6) is 11.5 Å². The molecule has 1 heterocycles. The van der Waals surface area contributed by atoms with Crippen LogP contribution in [-0.4, -0.2) is 36.1 Å². The second kappa shape index (κ2) is 9.24. The summed E-state index contributed by atoms with van der Waals surface area (Å²) in [6.45, 7) is 0. The molecule has 0 aliphatic rings. The molecule has 0 unspecified atom stereocenters. The van der Waals surface area contributed by atoms with Gasteiger partial charge in [0.1, 0.15) is 11.5 Å². The molecule has 0 aliphatic heterocycles. The Balaban J connectivity index is 1.54. The monoisotopic (exact) mass is 402 g/mol. The van der Waals surface area contributed by atoms with Crippen molar-refractivity contribution in [2.45, 2.75) is 4.34 Å². The van der Waals surface area contributed by atoms with Crippen LogP contribution in [0.25, 0.3) is 0 Å². The van der Waals surface area contributed by atoms with Crippen molar-refractivity contribution in [3.05, 3.63) is 48.5 Å². The average molecular weight is 403 g/mol. The fraction of sp³-hybridized carbons (Fsp3) is 0.167. The zero-order chi connectivity index (χ0) is 19.1. The molecule has 27 heavy (non-hydrogen) atoms. The van der Waals surface area contributed by atoms with Gasteiger partial charge in [0.15, 0.2) is 4.34 Å². The van der Waals surface area contributed by atoms with Gasteiger partial charge in [-0.2, -0.15) is 0 Å². The van der Waals surface area contributed by atoms with Crippen molar-refractivity contribution >= 4 is 45.5 Å². The maximum atomic E-state index is 12.2. The summed E-state index contributed by atoms with van der Waals surface area (Å²) in [7, 11) is 3.19. The van der Waals surface area contributed by atoms with E-state index in [4.69, 9.17) is 9.47 Å². The van der Waals surface area contributed by atoms with Crippen LogP contribution in [0.1, 0.15) is 0 Å². The third-order valence-electron chi connectivity index (χ3n) is 3.44. The van der Waals surface area contributed by atoms with Gasteiger partial charge in [0.05, 0.1) is 25.7 Å². The number of para-hydroxylation sites is 2. The predicted molar refractivity (Wildman–Crippen MR) is 109 cm³/mol. The zero-order valence-electron chi connectivity index (χ0n) is 14.8. The third-order valence-corrected chi connectivity index (χ3v) is 5.41. The van der Waals surface area contributed by atoms with E-state index in [1.807, 2.05) is 36.4 Å². The molecule has 0 bridgehead atoms. The number of thioether (sulfide) groups is 1. The molecule has 2 aromatic carbocycles. The number of methoxy groups -OCH3 is 2. The lowest BCUT2D eigenvalue weighted by atomic mass is 10.3. The smallest absolute Gasteiger partial charge is 0.234 e.